The van der Waals surface area contributed by atoms with Crippen molar-refractivity contribution in [1.82, 2.24) is 10.2 Å². The molecule has 1 aromatic rings. The number of rotatable bonds is 9. The summed E-state index contributed by atoms with van der Waals surface area (Å²) in [5, 5.41) is 6.21. The standard InChI is InChI=1S/C29H39N3O6/c1-17-7-5-8-21(18(17)2)31-27(34)25-29-14-13-22(38-29)23(24(29)28(35)32(25)15-6-16-36-3)26(33)30-19-9-11-20(37-4)12-10-19/h9-14,17-18,21-25H,5-8,15-16H2,1-4H3,(H,30,33)(H,31,34)/t17-,18-,21+,22-,23+,24-,25-,29-/m0/s1. The summed E-state index contributed by atoms with van der Waals surface area (Å²) in [6.45, 7) is 5.23. The zero-order chi connectivity index (χ0) is 27.0. The third-order valence-electron chi connectivity index (χ3n) is 9.06. The highest BCUT2D eigenvalue weighted by Crippen LogP contribution is 2.55. The van der Waals surface area contributed by atoms with Gasteiger partial charge in [-0.2, -0.15) is 0 Å². The summed E-state index contributed by atoms with van der Waals surface area (Å²) in [6, 6.07) is 6.26. The summed E-state index contributed by atoms with van der Waals surface area (Å²) in [6.07, 6.45) is 6.86. The van der Waals surface area contributed by atoms with Crippen LogP contribution in [-0.2, 0) is 23.9 Å². The van der Waals surface area contributed by atoms with Crippen LogP contribution in [0.25, 0.3) is 0 Å². The molecule has 2 bridgehead atoms. The first-order valence-corrected chi connectivity index (χ1v) is 13.7. The molecular formula is C29H39N3O6. The first kappa shape index (κ1) is 26.7. The Balaban J connectivity index is 1.40. The van der Waals surface area contributed by atoms with Crippen LogP contribution in [0.15, 0.2) is 36.4 Å². The lowest BCUT2D eigenvalue weighted by molar-refractivity contribution is -0.141. The van der Waals surface area contributed by atoms with Crippen molar-refractivity contribution in [3.63, 3.8) is 0 Å². The smallest absolute Gasteiger partial charge is 0.246 e. The number of carbonyl (C=O) groups excluding carboxylic acids is 3. The van der Waals surface area contributed by atoms with Crippen LogP contribution in [-0.4, -0.2) is 73.8 Å². The quantitative estimate of drug-likeness (QED) is 0.379. The molecule has 0 aromatic heterocycles. The molecule has 9 nitrogen and oxygen atoms in total. The fraction of sp³-hybridized carbons (Fsp3) is 0.621. The highest BCUT2D eigenvalue weighted by molar-refractivity contribution is 6.02. The van der Waals surface area contributed by atoms with Gasteiger partial charge in [-0.05, 0) is 48.9 Å². The molecule has 38 heavy (non-hydrogen) atoms. The number of carbonyl (C=O) groups is 3. The molecule has 5 rings (SSSR count). The van der Waals surface area contributed by atoms with Gasteiger partial charge in [0.25, 0.3) is 0 Å². The van der Waals surface area contributed by atoms with Gasteiger partial charge in [-0.1, -0.05) is 38.8 Å². The molecule has 1 spiro atoms. The molecule has 1 aliphatic carbocycles. The van der Waals surface area contributed by atoms with Crippen LogP contribution in [0.5, 0.6) is 5.75 Å². The summed E-state index contributed by atoms with van der Waals surface area (Å²) in [5.41, 5.74) is -0.557. The van der Waals surface area contributed by atoms with E-state index >= 15 is 0 Å². The van der Waals surface area contributed by atoms with Gasteiger partial charge in [0.05, 0.1) is 25.0 Å². The van der Waals surface area contributed by atoms with Crippen LogP contribution in [0.2, 0.25) is 0 Å². The number of amides is 3. The Hall–Kier alpha value is -2.91. The molecule has 3 heterocycles. The van der Waals surface area contributed by atoms with Gasteiger partial charge < -0.3 is 29.7 Å². The molecule has 1 aromatic carbocycles. The summed E-state index contributed by atoms with van der Waals surface area (Å²) < 4.78 is 16.8. The highest BCUT2D eigenvalue weighted by Gasteiger charge is 2.72. The summed E-state index contributed by atoms with van der Waals surface area (Å²) in [7, 11) is 3.19. The Labute approximate surface area is 224 Å². The number of nitrogens with zero attached hydrogens (tertiary/aromatic N) is 1. The van der Waals surface area contributed by atoms with E-state index in [-0.39, 0.29) is 23.8 Å². The second kappa shape index (κ2) is 10.7. The normalized spacial score (nSPS) is 35.3. The number of ether oxygens (including phenoxy) is 3. The Morgan fingerprint density at radius 1 is 1.13 bits per heavy atom. The molecule has 206 valence electrons. The summed E-state index contributed by atoms with van der Waals surface area (Å²) in [5.74, 6) is -0.660. The van der Waals surface area contributed by atoms with Crippen LogP contribution in [0.4, 0.5) is 5.69 Å². The Kier molecular flexibility index (Phi) is 7.51. The number of hydrogen-bond acceptors (Lipinski definition) is 6. The van der Waals surface area contributed by atoms with Crippen molar-refractivity contribution < 1.29 is 28.6 Å². The van der Waals surface area contributed by atoms with Crippen LogP contribution in [0.1, 0.15) is 39.5 Å². The van der Waals surface area contributed by atoms with Gasteiger partial charge in [-0.25, -0.2) is 0 Å². The first-order chi connectivity index (χ1) is 18.3. The average molecular weight is 526 g/mol. The maximum Gasteiger partial charge on any atom is 0.246 e. The number of fused-ring (bicyclic) bond motifs is 1. The number of nitrogens with one attached hydrogen (secondary N) is 2. The third kappa shape index (κ3) is 4.49. The lowest BCUT2D eigenvalue weighted by Crippen LogP contribution is -2.58. The van der Waals surface area contributed by atoms with Gasteiger partial charge >= 0.3 is 0 Å². The lowest BCUT2D eigenvalue weighted by atomic mass is 9.73. The molecule has 9 heteroatoms. The fourth-order valence-electron chi connectivity index (χ4n) is 6.83. The van der Waals surface area contributed by atoms with Crippen molar-refractivity contribution in [3.8, 4) is 5.75 Å². The molecule has 3 amide bonds. The lowest BCUT2D eigenvalue weighted by Gasteiger charge is -2.38. The van der Waals surface area contributed by atoms with E-state index in [2.05, 4.69) is 24.5 Å². The summed E-state index contributed by atoms with van der Waals surface area (Å²) >= 11 is 0. The monoisotopic (exact) mass is 525 g/mol. The largest absolute Gasteiger partial charge is 0.497 e. The maximum absolute atomic E-state index is 13.9. The molecule has 3 fully saturated rings. The SMILES string of the molecule is COCCCN1C(=O)[C@@H]2[C@H](C(=O)Nc3ccc(OC)cc3)[C@@H]3C=C[C@@]2(O3)[C@@H]1C(=O)N[C@@H]1CCC[C@H](C)[C@@H]1C. The topological polar surface area (TPSA) is 106 Å². The molecule has 2 N–H and O–H groups in total. The molecule has 8 atom stereocenters. The highest BCUT2D eigenvalue weighted by atomic mass is 16.5. The molecule has 4 aliphatic rings. The zero-order valence-electron chi connectivity index (χ0n) is 22.6. The Morgan fingerprint density at radius 2 is 1.89 bits per heavy atom. The maximum atomic E-state index is 13.9. The number of likely N-dealkylation sites (tertiary alicyclic amines) is 1. The van der Waals surface area contributed by atoms with Crippen LogP contribution < -0.4 is 15.4 Å². The van der Waals surface area contributed by atoms with Crippen molar-refractivity contribution in [2.24, 2.45) is 23.7 Å². The van der Waals surface area contributed by atoms with Crippen molar-refractivity contribution in [2.45, 2.75) is 63.3 Å². The predicted molar refractivity (Wildman–Crippen MR) is 141 cm³/mol. The molecule has 0 unspecified atom stereocenters. The molecule has 3 aliphatic heterocycles. The van der Waals surface area contributed by atoms with E-state index in [0.717, 1.165) is 19.3 Å². The van der Waals surface area contributed by atoms with Gasteiger partial charge in [-0.15, -0.1) is 0 Å². The Bertz CT molecular complexity index is 1090. The van der Waals surface area contributed by atoms with Gasteiger partial charge in [0.15, 0.2) is 0 Å². The second-order valence-electron chi connectivity index (χ2n) is 11.2. The molecule has 1 saturated carbocycles. The number of anilines is 1. The zero-order valence-corrected chi connectivity index (χ0v) is 22.6. The molecule has 0 radical (unpaired) electrons. The van der Waals surface area contributed by atoms with Crippen molar-refractivity contribution in [2.75, 3.05) is 32.7 Å². The van der Waals surface area contributed by atoms with E-state index in [1.807, 2.05) is 12.2 Å². The average Bonchev–Trinajstić information content (AvgIpc) is 3.55. The number of methoxy groups -OCH3 is 2. The summed E-state index contributed by atoms with van der Waals surface area (Å²) in [4.78, 5) is 43.0. The Morgan fingerprint density at radius 3 is 2.61 bits per heavy atom. The van der Waals surface area contributed by atoms with E-state index in [1.54, 1.807) is 43.4 Å². The second-order valence-corrected chi connectivity index (χ2v) is 11.2. The van der Waals surface area contributed by atoms with E-state index in [1.165, 1.54) is 0 Å². The van der Waals surface area contributed by atoms with Crippen molar-refractivity contribution in [3.05, 3.63) is 36.4 Å². The number of hydrogen-bond donors (Lipinski definition) is 2. The van der Waals surface area contributed by atoms with Gasteiger partial charge in [-0.3, -0.25) is 14.4 Å². The van der Waals surface area contributed by atoms with Crippen LogP contribution in [0.3, 0.4) is 0 Å². The van der Waals surface area contributed by atoms with E-state index in [0.29, 0.717) is 42.8 Å². The predicted octanol–water partition coefficient (Wildman–Crippen LogP) is 2.76. The van der Waals surface area contributed by atoms with Crippen LogP contribution >= 0.6 is 0 Å². The minimum atomic E-state index is -1.16. The van der Waals surface area contributed by atoms with E-state index in [9.17, 15) is 14.4 Å². The van der Waals surface area contributed by atoms with Crippen molar-refractivity contribution in [1.29, 1.82) is 0 Å². The van der Waals surface area contributed by atoms with Crippen LogP contribution in [0, 0.1) is 23.7 Å². The fourth-order valence-corrected chi connectivity index (χ4v) is 6.83. The van der Waals surface area contributed by atoms with Gasteiger partial charge in [0, 0.05) is 32.0 Å². The molecule has 2 saturated heterocycles. The first-order valence-electron chi connectivity index (χ1n) is 13.7. The van der Waals surface area contributed by atoms with E-state index < -0.39 is 29.6 Å². The van der Waals surface area contributed by atoms with Gasteiger partial charge in [0.1, 0.15) is 17.4 Å². The minimum Gasteiger partial charge on any atom is -0.497 e. The van der Waals surface area contributed by atoms with Gasteiger partial charge in [0.2, 0.25) is 17.7 Å². The van der Waals surface area contributed by atoms with Crippen molar-refractivity contribution >= 4 is 23.4 Å². The minimum absolute atomic E-state index is 0.0503. The van der Waals surface area contributed by atoms with E-state index in [4.69, 9.17) is 14.2 Å². The number of benzene rings is 1. The molecular weight excluding hydrogens is 486 g/mol. The third-order valence-corrected chi connectivity index (χ3v) is 9.06.